The first-order valence-corrected chi connectivity index (χ1v) is 7.54. The number of nitrogens with zero attached hydrogens (tertiary/aromatic N) is 3. The number of aromatic hydroxyl groups is 2. The van der Waals surface area contributed by atoms with Crippen LogP contribution in [0.25, 0.3) is 22.4 Å². The van der Waals surface area contributed by atoms with Gasteiger partial charge in [-0.15, -0.1) is 0 Å². The van der Waals surface area contributed by atoms with E-state index in [2.05, 4.69) is 9.97 Å². The van der Waals surface area contributed by atoms with Gasteiger partial charge in [0.05, 0.1) is 36.0 Å². The number of aryl methyl sites for hydroxylation is 1. The summed E-state index contributed by atoms with van der Waals surface area (Å²) in [5, 5.41) is 19.6. The molecule has 1 fully saturated rings. The lowest BCUT2D eigenvalue weighted by Crippen LogP contribution is -2.49. The normalized spacial score (nSPS) is 16.3. The maximum atomic E-state index is 14.6. The zero-order chi connectivity index (χ0) is 17.1. The Balaban J connectivity index is 2.06. The van der Waals surface area contributed by atoms with E-state index in [0.29, 0.717) is 30.1 Å². The van der Waals surface area contributed by atoms with Crippen molar-refractivity contribution in [2.45, 2.75) is 19.4 Å². The molecule has 0 saturated carbocycles. The van der Waals surface area contributed by atoms with Gasteiger partial charge in [0.2, 0.25) is 0 Å². The number of hydrogen-bond acceptors (Lipinski definition) is 5. The largest absolute Gasteiger partial charge is 0.504 e. The van der Waals surface area contributed by atoms with Crippen molar-refractivity contribution < 1.29 is 19.3 Å². The Morgan fingerprint density at radius 2 is 2.04 bits per heavy atom. The van der Waals surface area contributed by atoms with Gasteiger partial charge in [0, 0.05) is 6.20 Å². The number of hydrogen-bond donors (Lipinski definition) is 2. The summed E-state index contributed by atoms with van der Waals surface area (Å²) in [5.41, 5.74) is 1.59. The third kappa shape index (κ3) is 1.91. The van der Waals surface area contributed by atoms with E-state index in [4.69, 9.17) is 4.74 Å². The molecule has 7 heteroatoms. The summed E-state index contributed by atoms with van der Waals surface area (Å²) in [4.78, 5) is 8.58. The molecule has 0 atom stereocenters. The number of benzene rings is 1. The van der Waals surface area contributed by atoms with Crippen LogP contribution in [0.15, 0.2) is 24.5 Å². The van der Waals surface area contributed by atoms with Crippen molar-refractivity contribution in [1.29, 1.82) is 0 Å². The monoisotopic (exact) mass is 329 g/mol. The summed E-state index contributed by atoms with van der Waals surface area (Å²) < 4.78 is 21.9. The third-order valence-electron chi connectivity index (χ3n) is 4.47. The Kier molecular flexibility index (Phi) is 3.05. The minimum Gasteiger partial charge on any atom is -0.504 e. The van der Waals surface area contributed by atoms with Crippen molar-refractivity contribution in [2.24, 2.45) is 0 Å². The van der Waals surface area contributed by atoms with Gasteiger partial charge >= 0.3 is 0 Å². The zero-order valence-electron chi connectivity index (χ0n) is 13.2. The van der Waals surface area contributed by atoms with Crippen LogP contribution in [-0.4, -0.2) is 38.0 Å². The first-order chi connectivity index (χ1) is 11.4. The summed E-state index contributed by atoms with van der Waals surface area (Å²) in [7, 11) is 0. The topological polar surface area (TPSA) is 80.4 Å². The summed E-state index contributed by atoms with van der Waals surface area (Å²) in [6.07, 6.45) is 3.27. The van der Waals surface area contributed by atoms with Gasteiger partial charge in [-0.25, -0.2) is 9.37 Å². The second kappa shape index (κ2) is 4.91. The lowest BCUT2D eigenvalue weighted by atomic mass is 9.98. The van der Waals surface area contributed by atoms with E-state index in [1.165, 1.54) is 6.07 Å². The molecule has 0 aliphatic carbocycles. The van der Waals surface area contributed by atoms with Crippen LogP contribution in [-0.2, 0) is 10.3 Å². The highest BCUT2D eigenvalue weighted by molar-refractivity contribution is 5.81. The number of fused-ring (bicyclic) bond motifs is 1. The Morgan fingerprint density at radius 3 is 2.71 bits per heavy atom. The molecule has 6 nitrogen and oxygen atoms in total. The number of rotatable bonds is 2. The first-order valence-electron chi connectivity index (χ1n) is 7.54. The molecular weight excluding hydrogens is 313 g/mol. The SMILES string of the molecule is Cc1cc(-c2nc3cnccc3n2C2(C)COC2)c(F)c(O)c1O. The van der Waals surface area contributed by atoms with Gasteiger partial charge in [0.1, 0.15) is 11.3 Å². The van der Waals surface area contributed by atoms with Crippen molar-refractivity contribution in [1.82, 2.24) is 14.5 Å². The molecule has 2 aromatic heterocycles. The van der Waals surface area contributed by atoms with Gasteiger partial charge < -0.3 is 19.5 Å². The predicted molar refractivity (Wildman–Crippen MR) is 85.5 cm³/mol. The summed E-state index contributed by atoms with van der Waals surface area (Å²) in [6.45, 7) is 4.57. The number of aromatic nitrogens is 3. The number of imidazole rings is 1. The van der Waals surface area contributed by atoms with E-state index in [1.54, 1.807) is 19.3 Å². The van der Waals surface area contributed by atoms with Crippen LogP contribution < -0.4 is 0 Å². The summed E-state index contributed by atoms with van der Waals surface area (Å²) in [6, 6.07) is 3.30. The molecule has 3 heterocycles. The number of halogens is 1. The van der Waals surface area contributed by atoms with E-state index in [-0.39, 0.29) is 11.1 Å². The molecule has 2 N–H and O–H groups in total. The molecule has 0 bridgehead atoms. The highest BCUT2D eigenvalue weighted by atomic mass is 19.1. The fourth-order valence-electron chi connectivity index (χ4n) is 3.12. The van der Waals surface area contributed by atoms with Gasteiger partial charge in [-0.3, -0.25) is 4.98 Å². The molecule has 0 unspecified atom stereocenters. The van der Waals surface area contributed by atoms with Crippen molar-refractivity contribution in [3.8, 4) is 22.9 Å². The van der Waals surface area contributed by atoms with Crippen LogP contribution in [0, 0.1) is 12.7 Å². The lowest BCUT2D eigenvalue weighted by molar-refractivity contribution is -0.0868. The molecule has 1 aliphatic rings. The summed E-state index contributed by atoms with van der Waals surface area (Å²) in [5.74, 6) is -1.75. The number of ether oxygens (including phenoxy) is 1. The van der Waals surface area contributed by atoms with Gasteiger partial charge in [0.15, 0.2) is 17.3 Å². The van der Waals surface area contributed by atoms with Crippen LogP contribution in [0.2, 0.25) is 0 Å². The predicted octanol–water partition coefficient (Wildman–Crippen LogP) is 2.70. The van der Waals surface area contributed by atoms with Crippen LogP contribution in [0.1, 0.15) is 12.5 Å². The van der Waals surface area contributed by atoms with Crippen LogP contribution in [0.5, 0.6) is 11.5 Å². The zero-order valence-corrected chi connectivity index (χ0v) is 13.2. The third-order valence-corrected chi connectivity index (χ3v) is 4.47. The van der Waals surface area contributed by atoms with Gasteiger partial charge in [-0.2, -0.15) is 0 Å². The van der Waals surface area contributed by atoms with E-state index in [0.717, 1.165) is 5.52 Å². The first kappa shape index (κ1) is 14.9. The average Bonchev–Trinajstić information content (AvgIpc) is 2.93. The van der Waals surface area contributed by atoms with E-state index in [9.17, 15) is 14.6 Å². The van der Waals surface area contributed by atoms with Crippen molar-refractivity contribution in [3.63, 3.8) is 0 Å². The molecular formula is C17H16FN3O3. The molecule has 24 heavy (non-hydrogen) atoms. The van der Waals surface area contributed by atoms with Crippen LogP contribution in [0.3, 0.4) is 0 Å². The number of pyridine rings is 1. The molecule has 1 aromatic carbocycles. The maximum Gasteiger partial charge on any atom is 0.195 e. The smallest absolute Gasteiger partial charge is 0.195 e. The highest BCUT2D eigenvalue weighted by Gasteiger charge is 2.39. The van der Waals surface area contributed by atoms with Crippen LogP contribution >= 0.6 is 0 Å². The quantitative estimate of drug-likeness (QED) is 0.707. The Bertz CT molecular complexity index is 963. The molecule has 0 amide bonds. The van der Waals surface area contributed by atoms with Crippen molar-refractivity contribution >= 4 is 11.0 Å². The minimum absolute atomic E-state index is 0.132. The van der Waals surface area contributed by atoms with Crippen molar-refractivity contribution in [2.75, 3.05) is 13.2 Å². The number of phenolic OH excluding ortho intramolecular Hbond substituents is 2. The second-order valence-corrected chi connectivity index (χ2v) is 6.38. The second-order valence-electron chi connectivity index (χ2n) is 6.38. The molecule has 4 rings (SSSR count). The Hall–Kier alpha value is -2.67. The van der Waals surface area contributed by atoms with E-state index in [1.807, 2.05) is 17.6 Å². The van der Waals surface area contributed by atoms with E-state index < -0.39 is 17.3 Å². The molecule has 1 saturated heterocycles. The van der Waals surface area contributed by atoms with E-state index >= 15 is 0 Å². The van der Waals surface area contributed by atoms with Gasteiger partial charge in [0.25, 0.3) is 0 Å². The fraction of sp³-hybridized carbons (Fsp3) is 0.294. The average molecular weight is 329 g/mol. The summed E-state index contributed by atoms with van der Waals surface area (Å²) >= 11 is 0. The molecule has 0 radical (unpaired) electrons. The molecule has 1 aliphatic heterocycles. The fourth-order valence-corrected chi connectivity index (χ4v) is 3.12. The minimum atomic E-state index is -0.897. The Labute approximate surface area is 137 Å². The lowest BCUT2D eigenvalue weighted by Gasteiger charge is -2.40. The van der Waals surface area contributed by atoms with Gasteiger partial charge in [-0.1, -0.05) is 0 Å². The highest BCUT2D eigenvalue weighted by Crippen LogP contribution is 2.41. The molecule has 3 aromatic rings. The standard InChI is InChI=1S/C17H16FN3O3/c1-9-5-10(13(18)15(23)14(9)22)16-20-11-6-19-4-3-12(11)21(16)17(2)7-24-8-17/h3-6,22-23H,7-8H2,1-2H3. The number of phenols is 2. The molecule has 124 valence electrons. The van der Waals surface area contributed by atoms with Crippen molar-refractivity contribution in [3.05, 3.63) is 35.9 Å². The molecule has 0 spiro atoms. The Morgan fingerprint density at radius 1 is 1.29 bits per heavy atom. The van der Waals surface area contributed by atoms with Gasteiger partial charge in [-0.05, 0) is 31.5 Å². The maximum absolute atomic E-state index is 14.6. The van der Waals surface area contributed by atoms with Crippen LogP contribution in [0.4, 0.5) is 4.39 Å².